The molecule has 0 radical (unpaired) electrons. The third kappa shape index (κ3) is 10.4. The van der Waals surface area contributed by atoms with E-state index in [1.807, 2.05) is 13.2 Å². The zero-order chi connectivity index (χ0) is 20.8. The van der Waals surface area contributed by atoms with Crippen LogP contribution in [0, 0.1) is 11.8 Å². The molecule has 0 heterocycles. The molecule has 2 nitrogen and oxygen atoms in total. The van der Waals surface area contributed by atoms with E-state index in [-0.39, 0.29) is 5.92 Å². The van der Waals surface area contributed by atoms with E-state index in [2.05, 4.69) is 39.5 Å². The zero-order valence-electron chi connectivity index (χ0n) is 19.0. The van der Waals surface area contributed by atoms with Gasteiger partial charge in [-0.1, -0.05) is 49.1 Å². The fourth-order valence-electron chi connectivity index (χ4n) is 4.28. The predicted molar refractivity (Wildman–Crippen MR) is 122 cm³/mol. The van der Waals surface area contributed by atoms with Gasteiger partial charge >= 0.3 is 0 Å². The lowest BCUT2D eigenvalue weighted by atomic mass is 9.85. The standard InChI is InChI=1S/C26H44O2/c1-6-8-13-22(4)19-24(12-7-2)26(27)17-10-9-14-21(3)18-23-15-11-16-25(20-23)28-5/h7,18-19,23-25H,2,6,8-17,20H2,1,3-5H3/b21-18+,22-19+/t23?,24-,25?/m1/s1. The third-order valence-electron chi connectivity index (χ3n) is 6.01. The Hall–Kier alpha value is -1.15. The number of carbonyl (C=O) groups is 1. The first-order chi connectivity index (χ1) is 13.5. The van der Waals surface area contributed by atoms with Crippen LogP contribution in [0.4, 0.5) is 0 Å². The maximum Gasteiger partial charge on any atom is 0.140 e. The van der Waals surface area contributed by atoms with Crippen molar-refractivity contribution < 1.29 is 9.53 Å². The molecule has 0 spiro atoms. The van der Waals surface area contributed by atoms with Crippen LogP contribution in [0.5, 0.6) is 0 Å². The normalized spacial score (nSPS) is 22.1. The van der Waals surface area contributed by atoms with Gasteiger partial charge in [0.25, 0.3) is 0 Å². The van der Waals surface area contributed by atoms with E-state index in [0.29, 0.717) is 24.2 Å². The Morgan fingerprint density at radius 1 is 1.11 bits per heavy atom. The largest absolute Gasteiger partial charge is 0.381 e. The number of unbranched alkanes of at least 4 members (excludes halogenated alkanes) is 2. The van der Waals surface area contributed by atoms with E-state index in [1.54, 1.807) is 0 Å². The van der Waals surface area contributed by atoms with Crippen LogP contribution >= 0.6 is 0 Å². The van der Waals surface area contributed by atoms with Gasteiger partial charge in [-0.3, -0.25) is 4.79 Å². The summed E-state index contributed by atoms with van der Waals surface area (Å²) in [6.45, 7) is 10.5. The summed E-state index contributed by atoms with van der Waals surface area (Å²) in [4.78, 5) is 12.7. The molecule has 2 unspecified atom stereocenters. The number of methoxy groups -OCH3 is 1. The Bertz CT molecular complexity index is 515. The first kappa shape index (κ1) is 24.9. The molecule has 1 aliphatic rings. The fraction of sp³-hybridized carbons (Fsp3) is 0.731. The second-order valence-corrected chi connectivity index (χ2v) is 8.72. The van der Waals surface area contributed by atoms with Crippen LogP contribution in [0.3, 0.4) is 0 Å². The van der Waals surface area contributed by atoms with Crippen LogP contribution in [0.15, 0.2) is 36.0 Å². The average Bonchev–Trinajstić information content (AvgIpc) is 2.69. The summed E-state index contributed by atoms with van der Waals surface area (Å²) in [5, 5.41) is 0. The summed E-state index contributed by atoms with van der Waals surface area (Å²) in [5.41, 5.74) is 2.83. The molecule has 0 bridgehead atoms. The molecule has 1 saturated carbocycles. The second kappa shape index (κ2) is 14.8. The topological polar surface area (TPSA) is 26.3 Å². The smallest absolute Gasteiger partial charge is 0.140 e. The van der Waals surface area contributed by atoms with Crippen LogP contribution in [-0.4, -0.2) is 19.0 Å². The summed E-state index contributed by atoms with van der Waals surface area (Å²) in [7, 11) is 1.83. The minimum Gasteiger partial charge on any atom is -0.381 e. The van der Waals surface area contributed by atoms with Crippen molar-refractivity contribution in [3.63, 3.8) is 0 Å². The van der Waals surface area contributed by atoms with Gasteiger partial charge in [-0.25, -0.2) is 0 Å². The second-order valence-electron chi connectivity index (χ2n) is 8.72. The van der Waals surface area contributed by atoms with Crippen molar-refractivity contribution in [3.8, 4) is 0 Å². The van der Waals surface area contributed by atoms with E-state index in [1.165, 1.54) is 49.7 Å². The number of hydrogen-bond acceptors (Lipinski definition) is 2. The minimum atomic E-state index is 0.0270. The summed E-state index contributed by atoms with van der Waals surface area (Å²) >= 11 is 0. The van der Waals surface area contributed by atoms with Gasteiger partial charge in [0.1, 0.15) is 5.78 Å². The van der Waals surface area contributed by atoms with Gasteiger partial charge in [0, 0.05) is 19.4 Å². The lowest BCUT2D eigenvalue weighted by Gasteiger charge is -2.26. The Morgan fingerprint density at radius 2 is 1.82 bits per heavy atom. The first-order valence-corrected chi connectivity index (χ1v) is 11.5. The average molecular weight is 389 g/mol. The number of carbonyl (C=O) groups excluding carboxylic acids is 1. The zero-order valence-corrected chi connectivity index (χ0v) is 19.0. The van der Waals surface area contributed by atoms with Gasteiger partial charge in [0.15, 0.2) is 0 Å². The number of ketones is 1. The lowest BCUT2D eigenvalue weighted by Crippen LogP contribution is -2.20. The Labute approximate surface area is 174 Å². The Balaban J connectivity index is 2.38. The highest BCUT2D eigenvalue weighted by atomic mass is 16.5. The number of hydrogen-bond donors (Lipinski definition) is 0. The molecule has 3 atom stereocenters. The molecule has 0 saturated heterocycles. The number of ether oxygens (including phenoxy) is 1. The van der Waals surface area contributed by atoms with Crippen molar-refractivity contribution in [1.82, 2.24) is 0 Å². The number of allylic oxidation sites excluding steroid dienone is 5. The SMILES string of the molecule is C=CC[C@H](/C=C(\C)CCCC)C(=O)CCCC/C(C)=C/C1CCCC(OC)C1. The molecule has 1 fully saturated rings. The van der Waals surface area contributed by atoms with Gasteiger partial charge in [0.05, 0.1) is 6.10 Å². The quantitative estimate of drug-likeness (QED) is 0.226. The van der Waals surface area contributed by atoms with E-state index in [9.17, 15) is 4.79 Å². The summed E-state index contributed by atoms with van der Waals surface area (Å²) in [5.74, 6) is 1.08. The van der Waals surface area contributed by atoms with Crippen molar-refractivity contribution in [2.45, 2.75) is 104 Å². The Kier molecular flexibility index (Phi) is 13.1. The molecule has 0 aromatic rings. The van der Waals surface area contributed by atoms with Gasteiger partial charge in [-0.2, -0.15) is 0 Å². The van der Waals surface area contributed by atoms with Gasteiger partial charge < -0.3 is 4.74 Å². The van der Waals surface area contributed by atoms with E-state index >= 15 is 0 Å². The van der Waals surface area contributed by atoms with Crippen molar-refractivity contribution in [2.75, 3.05) is 7.11 Å². The van der Waals surface area contributed by atoms with Crippen molar-refractivity contribution >= 4 is 5.78 Å². The molecule has 2 heteroatoms. The third-order valence-corrected chi connectivity index (χ3v) is 6.01. The first-order valence-electron chi connectivity index (χ1n) is 11.5. The molecule has 28 heavy (non-hydrogen) atoms. The highest BCUT2D eigenvalue weighted by Crippen LogP contribution is 2.28. The van der Waals surface area contributed by atoms with Crippen molar-refractivity contribution in [2.24, 2.45) is 11.8 Å². The minimum absolute atomic E-state index is 0.0270. The molecule has 160 valence electrons. The number of rotatable bonds is 14. The van der Waals surface area contributed by atoms with Crippen LogP contribution in [0.2, 0.25) is 0 Å². The molecule has 0 aromatic carbocycles. The fourth-order valence-corrected chi connectivity index (χ4v) is 4.28. The highest BCUT2D eigenvalue weighted by molar-refractivity contribution is 5.82. The monoisotopic (exact) mass is 388 g/mol. The van der Waals surface area contributed by atoms with Crippen LogP contribution in [0.1, 0.15) is 97.8 Å². The molecule has 1 aliphatic carbocycles. The summed E-state index contributed by atoms with van der Waals surface area (Å²) in [6.07, 6.45) is 20.1. The van der Waals surface area contributed by atoms with Gasteiger partial charge in [-0.15, -0.1) is 6.58 Å². The molecule has 0 aromatic heterocycles. The predicted octanol–water partition coefficient (Wildman–Crippen LogP) is 7.60. The number of Topliss-reactive ketones (excluding diaryl/α,β-unsaturated/α-hetero) is 1. The lowest BCUT2D eigenvalue weighted by molar-refractivity contribution is -0.121. The highest BCUT2D eigenvalue weighted by Gasteiger charge is 2.20. The molecule has 0 N–H and O–H groups in total. The summed E-state index contributed by atoms with van der Waals surface area (Å²) in [6, 6.07) is 0. The van der Waals surface area contributed by atoms with E-state index in [0.717, 1.165) is 32.1 Å². The molecule has 0 aliphatic heterocycles. The van der Waals surface area contributed by atoms with Gasteiger partial charge in [-0.05, 0) is 77.6 Å². The maximum absolute atomic E-state index is 12.7. The van der Waals surface area contributed by atoms with Crippen molar-refractivity contribution in [3.05, 3.63) is 36.0 Å². The van der Waals surface area contributed by atoms with Crippen molar-refractivity contribution in [1.29, 1.82) is 0 Å². The molecule has 1 rings (SSSR count). The molecular weight excluding hydrogens is 344 g/mol. The van der Waals surface area contributed by atoms with Crippen LogP contribution < -0.4 is 0 Å². The summed E-state index contributed by atoms with van der Waals surface area (Å²) < 4.78 is 5.54. The van der Waals surface area contributed by atoms with Crippen LogP contribution in [-0.2, 0) is 9.53 Å². The van der Waals surface area contributed by atoms with Crippen LogP contribution in [0.25, 0.3) is 0 Å². The van der Waals surface area contributed by atoms with Gasteiger partial charge in [0.2, 0.25) is 0 Å². The van der Waals surface area contributed by atoms with E-state index < -0.39 is 0 Å². The maximum atomic E-state index is 12.7. The van der Waals surface area contributed by atoms with E-state index in [4.69, 9.17) is 4.74 Å². The molecular formula is C26H44O2. The molecule has 0 amide bonds. The Morgan fingerprint density at radius 3 is 2.50 bits per heavy atom.